The molecule has 1 amide bonds. The number of rotatable bonds is 2. The van der Waals surface area contributed by atoms with Gasteiger partial charge in [-0.05, 0) is 31.3 Å². The van der Waals surface area contributed by atoms with Gasteiger partial charge in [0.25, 0.3) is 5.91 Å². The number of nitrogens with zero attached hydrogens (tertiary/aromatic N) is 2. The van der Waals surface area contributed by atoms with Crippen LogP contribution in [0.25, 0.3) is 0 Å². The molecule has 1 fully saturated rings. The molecule has 0 aromatic carbocycles. The normalized spacial score (nSPS) is 16.2. The summed E-state index contributed by atoms with van der Waals surface area (Å²) in [6.45, 7) is 3.13. The van der Waals surface area contributed by atoms with Crippen LogP contribution in [0.2, 0.25) is 0 Å². The fourth-order valence-electron chi connectivity index (χ4n) is 1.67. The van der Waals surface area contributed by atoms with E-state index in [1.165, 1.54) is 16.6 Å². The highest BCUT2D eigenvalue weighted by Crippen LogP contribution is 2.26. The molecular formula is C10H15N3O2S. The summed E-state index contributed by atoms with van der Waals surface area (Å²) in [5, 5.41) is 5.24. The van der Waals surface area contributed by atoms with Gasteiger partial charge in [-0.1, -0.05) is 0 Å². The van der Waals surface area contributed by atoms with Gasteiger partial charge in [0, 0.05) is 13.6 Å². The van der Waals surface area contributed by atoms with Gasteiger partial charge in [-0.15, -0.1) is 0 Å². The van der Waals surface area contributed by atoms with Crippen LogP contribution >= 0.6 is 11.5 Å². The van der Waals surface area contributed by atoms with Crippen LogP contribution in [0.15, 0.2) is 0 Å². The van der Waals surface area contributed by atoms with Crippen LogP contribution in [-0.4, -0.2) is 35.5 Å². The molecule has 2 heterocycles. The van der Waals surface area contributed by atoms with Crippen LogP contribution in [0.4, 0.5) is 5.00 Å². The SMILES string of the molecule is CNc1snc(C)c1C(=O)N1CCCCO1. The van der Waals surface area contributed by atoms with Crippen molar-refractivity contribution in [3.05, 3.63) is 11.3 Å². The van der Waals surface area contributed by atoms with E-state index in [0.29, 0.717) is 18.7 Å². The van der Waals surface area contributed by atoms with Gasteiger partial charge in [-0.25, -0.2) is 5.06 Å². The van der Waals surface area contributed by atoms with Crippen LogP contribution < -0.4 is 5.32 Å². The lowest BCUT2D eigenvalue weighted by Gasteiger charge is -2.25. The molecule has 0 saturated carbocycles. The van der Waals surface area contributed by atoms with Crippen molar-refractivity contribution in [3.63, 3.8) is 0 Å². The Balaban J connectivity index is 2.21. The summed E-state index contributed by atoms with van der Waals surface area (Å²) in [5.74, 6) is -0.0877. The zero-order valence-corrected chi connectivity index (χ0v) is 10.3. The lowest BCUT2D eigenvalue weighted by Crippen LogP contribution is -2.36. The highest BCUT2D eigenvalue weighted by Gasteiger charge is 2.25. The van der Waals surface area contributed by atoms with E-state index in [1.54, 1.807) is 7.05 Å². The summed E-state index contributed by atoms with van der Waals surface area (Å²) in [5.41, 5.74) is 1.39. The Labute approximate surface area is 98.5 Å². The van der Waals surface area contributed by atoms with Gasteiger partial charge in [0.05, 0.1) is 17.9 Å². The molecule has 88 valence electrons. The van der Waals surface area contributed by atoms with Gasteiger partial charge in [0.15, 0.2) is 0 Å². The Morgan fingerprint density at radius 2 is 2.38 bits per heavy atom. The number of aryl methyl sites for hydroxylation is 1. The van der Waals surface area contributed by atoms with Crippen LogP contribution in [0.1, 0.15) is 28.9 Å². The van der Waals surface area contributed by atoms with E-state index in [0.717, 1.165) is 23.5 Å². The summed E-state index contributed by atoms with van der Waals surface area (Å²) >= 11 is 1.30. The van der Waals surface area contributed by atoms with E-state index >= 15 is 0 Å². The molecular weight excluding hydrogens is 226 g/mol. The molecule has 16 heavy (non-hydrogen) atoms. The molecule has 1 aromatic rings. The minimum atomic E-state index is -0.0877. The first-order valence-electron chi connectivity index (χ1n) is 5.33. The third-order valence-corrected chi connectivity index (χ3v) is 3.49. The first kappa shape index (κ1) is 11.3. The quantitative estimate of drug-likeness (QED) is 0.855. The number of anilines is 1. The zero-order chi connectivity index (χ0) is 11.5. The van der Waals surface area contributed by atoms with Crippen molar-refractivity contribution in [2.75, 3.05) is 25.5 Å². The summed E-state index contributed by atoms with van der Waals surface area (Å²) in [7, 11) is 1.79. The third kappa shape index (κ3) is 2.03. The van der Waals surface area contributed by atoms with Crippen LogP contribution in [-0.2, 0) is 4.84 Å². The van der Waals surface area contributed by atoms with E-state index in [9.17, 15) is 4.79 Å². The molecule has 1 aliphatic rings. The maximum atomic E-state index is 12.2. The van der Waals surface area contributed by atoms with E-state index in [1.807, 2.05) is 6.92 Å². The highest BCUT2D eigenvalue weighted by atomic mass is 32.1. The number of hydrogen-bond acceptors (Lipinski definition) is 5. The molecule has 6 heteroatoms. The van der Waals surface area contributed by atoms with Crippen molar-refractivity contribution in [1.82, 2.24) is 9.44 Å². The van der Waals surface area contributed by atoms with Gasteiger partial charge in [-0.2, -0.15) is 4.37 Å². The fraction of sp³-hybridized carbons (Fsp3) is 0.600. The molecule has 1 N–H and O–H groups in total. The van der Waals surface area contributed by atoms with Crippen LogP contribution in [0, 0.1) is 6.92 Å². The van der Waals surface area contributed by atoms with Gasteiger partial charge in [-0.3, -0.25) is 9.63 Å². The van der Waals surface area contributed by atoms with Crippen molar-refractivity contribution in [2.24, 2.45) is 0 Å². The number of hydrogen-bond donors (Lipinski definition) is 1. The Morgan fingerprint density at radius 1 is 1.56 bits per heavy atom. The largest absolute Gasteiger partial charge is 0.378 e. The third-order valence-electron chi connectivity index (χ3n) is 2.53. The molecule has 2 rings (SSSR count). The lowest BCUT2D eigenvalue weighted by atomic mass is 10.2. The molecule has 0 atom stereocenters. The number of hydroxylamine groups is 2. The van der Waals surface area contributed by atoms with E-state index in [2.05, 4.69) is 9.69 Å². The predicted molar refractivity (Wildman–Crippen MR) is 62.6 cm³/mol. The van der Waals surface area contributed by atoms with Crippen molar-refractivity contribution in [1.29, 1.82) is 0 Å². The smallest absolute Gasteiger partial charge is 0.282 e. The van der Waals surface area contributed by atoms with Crippen LogP contribution in [0.3, 0.4) is 0 Å². The van der Waals surface area contributed by atoms with E-state index in [4.69, 9.17) is 4.84 Å². The summed E-state index contributed by atoms with van der Waals surface area (Å²) in [6.07, 6.45) is 2.01. The fourth-order valence-corrected chi connectivity index (χ4v) is 2.41. The molecule has 0 radical (unpaired) electrons. The molecule has 5 nitrogen and oxygen atoms in total. The Morgan fingerprint density at radius 3 is 3.00 bits per heavy atom. The number of carbonyl (C=O) groups is 1. The molecule has 1 aliphatic heterocycles. The molecule has 0 aliphatic carbocycles. The first-order valence-corrected chi connectivity index (χ1v) is 6.10. The number of aromatic nitrogens is 1. The topological polar surface area (TPSA) is 54.5 Å². The van der Waals surface area contributed by atoms with Crippen molar-refractivity contribution < 1.29 is 9.63 Å². The molecule has 1 saturated heterocycles. The molecule has 0 unspecified atom stereocenters. The monoisotopic (exact) mass is 241 g/mol. The Bertz CT molecular complexity index is 385. The second-order valence-corrected chi connectivity index (χ2v) is 4.44. The molecule has 0 spiro atoms. The van der Waals surface area contributed by atoms with Gasteiger partial charge >= 0.3 is 0 Å². The van der Waals surface area contributed by atoms with E-state index < -0.39 is 0 Å². The number of nitrogens with one attached hydrogen (secondary N) is 1. The minimum absolute atomic E-state index is 0.0877. The maximum Gasteiger partial charge on any atom is 0.282 e. The average molecular weight is 241 g/mol. The second kappa shape index (κ2) is 4.80. The Kier molecular flexibility index (Phi) is 3.40. The molecule has 0 bridgehead atoms. The van der Waals surface area contributed by atoms with Crippen molar-refractivity contribution >= 4 is 22.4 Å². The lowest BCUT2D eigenvalue weighted by molar-refractivity contribution is -0.144. The van der Waals surface area contributed by atoms with Crippen molar-refractivity contribution in [3.8, 4) is 0 Å². The molecule has 1 aromatic heterocycles. The zero-order valence-electron chi connectivity index (χ0n) is 9.45. The van der Waals surface area contributed by atoms with Gasteiger partial charge in [0.1, 0.15) is 5.00 Å². The second-order valence-electron chi connectivity index (χ2n) is 3.67. The minimum Gasteiger partial charge on any atom is -0.378 e. The van der Waals surface area contributed by atoms with Crippen molar-refractivity contribution in [2.45, 2.75) is 19.8 Å². The highest BCUT2D eigenvalue weighted by molar-refractivity contribution is 7.10. The average Bonchev–Trinajstić information content (AvgIpc) is 2.70. The predicted octanol–water partition coefficient (Wildman–Crippen LogP) is 1.66. The standard InChI is InChI=1S/C10H15N3O2S/c1-7-8(9(11-2)16-12-7)10(14)13-5-3-4-6-15-13/h11H,3-6H2,1-2H3. The van der Waals surface area contributed by atoms with Gasteiger partial charge < -0.3 is 5.32 Å². The summed E-state index contributed by atoms with van der Waals surface area (Å²) in [6, 6.07) is 0. The Hall–Kier alpha value is -1.14. The van der Waals surface area contributed by atoms with Gasteiger partial charge in [0.2, 0.25) is 0 Å². The van der Waals surface area contributed by atoms with Crippen LogP contribution in [0.5, 0.6) is 0 Å². The number of amides is 1. The number of carbonyl (C=O) groups excluding carboxylic acids is 1. The maximum absolute atomic E-state index is 12.2. The summed E-state index contributed by atoms with van der Waals surface area (Å²) < 4.78 is 4.18. The van der Waals surface area contributed by atoms with E-state index in [-0.39, 0.29) is 5.91 Å². The summed E-state index contributed by atoms with van der Waals surface area (Å²) in [4.78, 5) is 17.5. The first-order chi connectivity index (χ1) is 7.74.